The number of aromatic amines is 1. The highest BCUT2D eigenvalue weighted by molar-refractivity contribution is 6.76. The van der Waals surface area contributed by atoms with Gasteiger partial charge in [0.1, 0.15) is 5.60 Å². The molecule has 0 fully saturated rings. The molecule has 0 saturated carbocycles. The summed E-state index contributed by atoms with van der Waals surface area (Å²) in [7, 11) is -2.06. The van der Waals surface area contributed by atoms with Gasteiger partial charge in [-0.05, 0) is 32.9 Å². The predicted molar refractivity (Wildman–Crippen MR) is 130 cm³/mol. The molecule has 0 radical (unpaired) electrons. The second-order valence-electron chi connectivity index (χ2n) is 10.8. The van der Waals surface area contributed by atoms with Gasteiger partial charge in [-0.3, -0.25) is 0 Å². The lowest BCUT2D eigenvalue weighted by Crippen LogP contribution is -2.27. The van der Waals surface area contributed by atoms with Crippen LogP contribution in [0.5, 0.6) is 11.8 Å². The van der Waals surface area contributed by atoms with Crippen LogP contribution in [0.3, 0.4) is 0 Å². The number of ether oxygens (including phenoxy) is 3. The van der Waals surface area contributed by atoms with Crippen molar-refractivity contribution in [3.63, 3.8) is 0 Å². The molecule has 0 spiro atoms. The molecule has 1 N–H and O–H groups in total. The van der Waals surface area contributed by atoms with Gasteiger partial charge < -0.3 is 14.2 Å². The van der Waals surface area contributed by atoms with Gasteiger partial charge in [0.25, 0.3) is 0 Å². The minimum Gasteiger partial charge on any atom is -0.478 e. The Morgan fingerprint density at radius 2 is 1.58 bits per heavy atom. The van der Waals surface area contributed by atoms with E-state index in [1.165, 1.54) is 6.04 Å². The highest BCUT2D eigenvalue weighted by Gasteiger charge is 2.19. The topological polar surface area (TPSA) is 91.3 Å². The molecule has 0 aliphatic heterocycles. The van der Waals surface area contributed by atoms with Gasteiger partial charge in [-0.2, -0.15) is 9.78 Å². The second kappa shape index (κ2) is 11.5. The lowest BCUT2D eigenvalue weighted by molar-refractivity contribution is 0.0512. The third-order valence-corrected chi connectivity index (χ3v) is 7.24. The van der Waals surface area contributed by atoms with Crippen molar-refractivity contribution in [2.45, 2.75) is 77.7 Å². The average Bonchev–Trinajstić information content (AvgIpc) is 3.23. The third-order valence-electron chi connectivity index (χ3n) is 3.83. The lowest BCUT2D eigenvalue weighted by atomic mass is 10.2. The Hall–Kier alpha value is -2.08. The van der Waals surface area contributed by atoms with Crippen molar-refractivity contribution in [3.05, 3.63) is 24.5 Å². The first-order valence-electron chi connectivity index (χ1n) is 10.7. The molecule has 0 saturated heterocycles. The Balaban J connectivity index is 0.000000343. The number of rotatable bonds is 8. The van der Waals surface area contributed by atoms with E-state index in [0.29, 0.717) is 12.5 Å². The molecule has 2 aromatic rings. The summed E-state index contributed by atoms with van der Waals surface area (Å²) < 4.78 is 17.3. The van der Waals surface area contributed by atoms with Crippen LogP contribution in [-0.2, 0) is 4.74 Å². The number of carbonyl (C=O) groups is 1. The summed E-state index contributed by atoms with van der Waals surface area (Å²) >= 11 is 0. The summed E-state index contributed by atoms with van der Waals surface area (Å²) in [6.07, 6.45) is 2.76. The number of hydrogen-bond donors (Lipinski definition) is 1. The number of hydrogen-bond acceptors (Lipinski definition) is 6. The molecule has 2 heterocycles. The molecule has 8 nitrogen and oxygen atoms in total. The molecule has 0 bridgehead atoms. The summed E-state index contributed by atoms with van der Waals surface area (Å²) in [6, 6.07) is 5.76. The molecule has 2 aromatic heterocycles. The molecule has 0 amide bonds. The minimum absolute atomic E-state index is 0.462. The van der Waals surface area contributed by atoms with Crippen molar-refractivity contribution in [1.82, 2.24) is 20.0 Å². The van der Waals surface area contributed by atoms with Crippen molar-refractivity contribution >= 4 is 22.2 Å². The van der Waals surface area contributed by atoms with Crippen LogP contribution in [0.4, 0.5) is 4.79 Å². The quantitative estimate of drug-likeness (QED) is 0.514. The molecule has 0 unspecified atom stereocenters. The van der Waals surface area contributed by atoms with Crippen molar-refractivity contribution in [1.29, 1.82) is 0 Å². The average molecular weight is 469 g/mol. The first kappa shape index (κ1) is 27.0. The number of nitrogens with one attached hydrogen (secondary N) is 1. The minimum atomic E-state index is -1.11. The zero-order valence-electron chi connectivity index (χ0n) is 20.6. The van der Waals surface area contributed by atoms with Crippen molar-refractivity contribution in [2.24, 2.45) is 0 Å². The molecule has 0 aliphatic rings. The fourth-order valence-electron chi connectivity index (χ4n) is 2.05. The number of carbonyl (C=O) groups excluding carboxylic acids is 1. The first-order chi connectivity index (χ1) is 14.1. The van der Waals surface area contributed by atoms with E-state index in [4.69, 9.17) is 14.2 Å². The van der Waals surface area contributed by atoms with Crippen LogP contribution >= 0.6 is 0 Å². The molecule has 31 heavy (non-hydrogen) atoms. The Bertz CT molecular complexity index is 773. The Morgan fingerprint density at radius 1 is 1.00 bits per heavy atom. The van der Waals surface area contributed by atoms with Crippen LogP contribution in [0.1, 0.15) is 20.8 Å². The van der Waals surface area contributed by atoms with Gasteiger partial charge in [0, 0.05) is 34.5 Å². The summed E-state index contributed by atoms with van der Waals surface area (Å²) in [6.45, 7) is 20.8. The van der Waals surface area contributed by atoms with Crippen LogP contribution in [0.25, 0.3) is 0 Å². The van der Waals surface area contributed by atoms with E-state index in [2.05, 4.69) is 54.6 Å². The second-order valence-corrected chi connectivity index (χ2v) is 22.1. The van der Waals surface area contributed by atoms with Crippen LogP contribution in [0.2, 0.25) is 51.4 Å². The van der Waals surface area contributed by atoms with Gasteiger partial charge in [0.15, 0.2) is 0 Å². The molecule has 10 heteroatoms. The van der Waals surface area contributed by atoms with Gasteiger partial charge in [-0.25, -0.2) is 9.89 Å². The van der Waals surface area contributed by atoms with Crippen molar-refractivity contribution in [2.75, 3.05) is 13.2 Å². The zero-order chi connectivity index (χ0) is 23.7. The zero-order valence-corrected chi connectivity index (χ0v) is 22.6. The van der Waals surface area contributed by atoms with E-state index < -0.39 is 27.8 Å². The monoisotopic (exact) mass is 468 g/mol. The van der Waals surface area contributed by atoms with Crippen LogP contribution < -0.4 is 9.47 Å². The maximum atomic E-state index is 11.7. The molecule has 2 rings (SSSR count). The number of nitrogens with zero attached hydrogens (tertiary/aromatic N) is 3. The highest BCUT2D eigenvalue weighted by atomic mass is 28.3. The van der Waals surface area contributed by atoms with Crippen LogP contribution in [0.15, 0.2) is 24.5 Å². The molecular weight excluding hydrogens is 428 g/mol. The maximum absolute atomic E-state index is 11.7. The molecule has 0 aromatic carbocycles. The molecule has 176 valence electrons. The predicted octanol–water partition coefficient (Wildman–Crippen LogP) is 5.51. The molecule has 0 aliphatic carbocycles. The van der Waals surface area contributed by atoms with E-state index >= 15 is 0 Å². The fourth-order valence-corrected chi connectivity index (χ4v) is 3.48. The van der Waals surface area contributed by atoms with E-state index in [0.717, 1.165) is 23.2 Å². The summed E-state index contributed by atoms with van der Waals surface area (Å²) in [5.41, 5.74) is -0.526. The van der Waals surface area contributed by atoms with Crippen molar-refractivity contribution < 1.29 is 19.0 Å². The van der Waals surface area contributed by atoms with Gasteiger partial charge in [0.05, 0.1) is 19.4 Å². The maximum Gasteiger partial charge on any atom is 0.435 e. The van der Waals surface area contributed by atoms with E-state index in [-0.39, 0.29) is 0 Å². The number of H-pyrrole nitrogens is 1. The van der Waals surface area contributed by atoms with Gasteiger partial charge in [-0.15, -0.1) is 5.10 Å². The fraction of sp³-hybridized carbons (Fsp3) is 0.667. The van der Waals surface area contributed by atoms with Gasteiger partial charge in [-0.1, -0.05) is 39.3 Å². The third kappa shape index (κ3) is 13.8. The molecule has 0 atom stereocenters. The summed E-state index contributed by atoms with van der Waals surface area (Å²) in [5, 5.41) is 10.6. The van der Waals surface area contributed by atoms with Crippen molar-refractivity contribution in [3.8, 4) is 11.8 Å². The largest absolute Gasteiger partial charge is 0.478 e. The van der Waals surface area contributed by atoms with E-state index in [1.807, 2.05) is 26.8 Å². The van der Waals surface area contributed by atoms with Crippen LogP contribution in [-0.4, -0.2) is 61.0 Å². The Labute approximate surface area is 188 Å². The lowest BCUT2D eigenvalue weighted by Gasteiger charge is -2.18. The van der Waals surface area contributed by atoms with E-state index in [9.17, 15) is 4.79 Å². The van der Waals surface area contributed by atoms with Gasteiger partial charge >= 0.3 is 6.09 Å². The highest BCUT2D eigenvalue weighted by Crippen LogP contribution is 2.13. The Morgan fingerprint density at radius 3 is 2.06 bits per heavy atom. The summed E-state index contributed by atoms with van der Waals surface area (Å²) in [4.78, 5) is 11.7. The normalized spacial score (nSPS) is 12.0. The summed E-state index contributed by atoms with van der Waals surface area (Å²) in [5.74, 6) is 1.23. The van der Waals surface area contributed by atoms with Gasteiger partial charge in [0.2, 0.25) is 11.8 Å². The SMILES string of the molecule is CC(C)(C)OC(=O)n1ccc(OCC[Si](C)(C)C)n1.C[Si](C)(C)CCOc1ccn[nH]1. The van der Waals surface area contributed by atoms with E-state index in [1.54, 1.807) is 18.5 Å². The Kier molecular flexibility index (Phi) is 10.0. The van der Waals surface area contributed by atoms with Crippen LogP contribution in [0, 0.1) is 0 Å². The smallest absolute Gasteiger partial charge is 0.435 e. The number of aromatic nitrogens is 4. The molecular formula is C21H40N4O4Si2. The first-order valence-corrected chi connectivity index (χ1v) is 18.1. The standard InChI is InChI=1S/C13H24N2O3Si.C8H16N2OSi/c1-13(2,3)18-12(16)15-8-7-11(14-15)17-9-10-19(4,5)6;1-12(2,3)7-6-11-8-4-5-9-10-8/h7-8H,9-10H2,1-6H3;4-5H,6-7H2,1-3H3,(H,9,10).